The highest BCUT2D eigenvalue weighted by Crippen LogP contribution is 2.14. The van der Waals surface area contributed by atoms with Gasteiger partial charge in [0.05, 0.1) is 17.1 Å². The number of ether oxygens (including phenoxy) is 1. The minimum atomic E-state index is -3.63. The predicted molar refractivity (Wildman–Crippen MR) is 67.6 cm³/mol. The summed E-state index contributed by atoms with van der Waals surface area (Å²) in [5.74, 6) is -1.09. The van der Waals surface area contributed by atoms with Crippen molar-refractivity contribution in [3.05, 3.63) is 29.8 Å². The molecule has 0 aromatic heterocycles. The molecule has 1 aromatic rings. The summed E-state index contributed by atoms with van der Waals surface area (Å²) in [6, 6.07) is 4.89. The average molecular weight is 285 g/mol. The highest BCUT2D eigenvalue weighted by molar-refractivity contribution is 7.89. The van der Waals surface area contributed by atoms with Gasteiger partial charge in [0.2, 0.25) is 10.0 Å². The maximum atomic E-state index is 12.1. The Bertz CT molecular complexity index is 546. The van der Waals surface area contributed by atoms with E-state index < -0.39 is 16.0 Å². The Balaban J connectivity index is 2.12. The lowest BCUT2D eigenvalue weighted by molar-refractivity contribution is 0.0696. The Labute approximate surface area is 111 Å². The number of nitrogens with one attached hydrogen (secondary N) is 1. The maximum Gasteiger partial charge on any atom is 0.335 e. The summed E-state index contributed by atoms with van der Waals surface area (Å²) in [5.41, 5.74) is 0.0555. The molecule has 0 spiro atoms. The summed E-state index contributed by atoms with van der Waals surface area (Å²) < 4.78 is 31.9. The first kappa shape index (κ1) is 14.0. The zero-order valence-electron chi connectivity index (χ0n) is 10.2. The van der Waals surface area contributed by atoms with Crippen LogP contribution in [0.2, 0.25) is 0 Å². The van der Waals surface area contributed by atoms with Crippen LogP contribution >= 0.6 is 0 Å². The number of carbonyl (C=O) groups is 1. The van der Waals surface area contributed by atoms with Gasteiger partial charge in [-0.05, 0) is 37.1 Å². The van der Waals surface area contributed by atoms with Crippen molar-refractivity contribution in [1.29, 1.82) is 0 Å². The Morgan fingerprint density at radius 1 is 1.32 bits per heavy atom. The van der Waals surface area contributed by atoms with Gasteiger partial charge >= 0.3 is 5.97 Å². The summed E-state index contributed by atoms with van der Waals surface area (Å²) in [4.78, 5) is 10.8. The fraction of sp³-hybridized carbons (Fsp3) is 0.417. The third-order valence-corrected chi connectivity index (χ3v) is 4.43. The number of aromatic carboxylic acids is 1. The van der Waals surface area contributed by atoms with Crippen LogP contribution in [0, 0.1) is 0 Å². The Morgan fingerprint density at radius 3 is 2.53 bits per heavy atom. The second kappa shape index (κ2) is 5.68. The molecular weight excluding hydrogens is 270 g/mol. The molecule has 1 unspecified atom stereocenters. The number of hydrogen-bond acceptors (Lipinski definition) is 4. The van der Waals surface area contributed by atoms with E-state index in [0.29, 0.717) is 13.2 Å². The minimum absolute atomic E-state index is 0.0555. The Morgan fingerprint density at radius 2 is 2.00 bits per heavy atom. The third kappa shape index (κ3) is 3.52. The zero-order chi connectivity index (χ0) is 13.9. The summed E-state index contributed by atoms with van der Waals surface area (Å²) in [6.45, 7) is 1.03. The summed E-state index contributed by atoms with van der Waals surface area (Å²) in [6.07, 6.45) is 1.57. The van der Waals surface area contributed by atoms with Crippen LogP contribution in [-0.4, -0.2) is 38.7 Å². The van der Waals surface area contributed by atoms with Crippen molar-refractivity contribution in [2.75, 3.05) is 13.2 Å². The summed E-state index contributed by atoms with van der Waals surface area (Å²) in [5, 5.41) is 8.76. The number of carboxylic acid groups (broad SMARTS) is 1. The molecule has 2 N–H and O–H groups in total. The first-order chi connectivity index (χ1) is 8.99. The molecule has 7 heteroatoms. The summed E-state index contributed by atoms with van der Waals surface area (Å²) in [7, 11) is -3.63. The smallest absolute Gasteiger partial charge is 0.335 e. The van der Waals surface area contributed by atoms with Crippen LogP contribution in [0.4, 0.5) is 0 Å². The highest BCUT2D eigenvalue weighted by atomic mass is 32.2. The van der Waals surface area contributed by atoms with E-state index in [9.17, 15) is 13.2 Å². The largest absolute Gasteiger partial charge is 0.478 e. The van der Waals surface area contributed by atoms with Gasteiger partial charge in [-0.25, -0.2) is 17.9 Å². The monoisotopic (exact) mass is 285 g/mol. The first-order valence-corrected chi connectivity index (χ1v) is 7.41. The van der Waals surface area contributed by atoms with Crippen LogP contribution in [0.25, 0.3) is 0 Å². The highest BCUT2D eigenvalue weighted by Gasteiger charge is 2.22. The number of carboxylic acids is 1. The average Bonchev–Trinajstić information content (AvgIpc) is 2.39. The SMILES string of the molecule is O=C(O)c1ccc(S(=O)(=O)NC2CCCOC2)cc1. The van der Waals surface area contributed by atoms with Gasteiger partial charge in [0, 0.05) is 12.6 Å². The van der Waals surface area contributed by atoms with E-state index in [1.54, 1.807) is 0 Å². The normalized spacial score (nSPS) is 20.1. The van der Waals surface area contributed by atoms with Crippen LogP contribution in [0.3, 0.4) is 0 Å². The molecule has 0 amide bonds. The number of hydrogen-bond donors (Lipinski definition) is 2. The molecule has 1 atom stereocenters. The molecule has 104 valence electrons. The molecule has 6 nitrogen and oxygen atoms in total. The molecule has 1 aromatic carbocycles. The maximum absolute atomic E-state index is 12.1. The van der Waals surface area contributed by atoms with Gasteiger partial charge in [-0.1, -0.05) is 0 Å². The predicted octanol–water partition coefficient (Wildman–Crippen LogP) is 0.842. The second-order valence-corrected chi connectivity index (χ2v) is 6.08. The quantitative estimate of drug-likeness (QED) is 0.855. The number of sulfonamides is 1. The third-order valence-electron chi connectivity index (χ3n) is 2.89. The van der Waals surface area contributed by atoms with Gasteiger partial charge < -0.3 is 9.84 Å². The van der Waals surface area contributed by atoms with E-state index in [-0.39, 0.29) is 16.5 Å². The van der Waals surface area contributed by atoms with Gasteiger partial charge in [-0.15, -0.1) is 0 Å². The molecule has 0 aliphatic carbocycles. The van der Waals surface area contributed by atoms with Gasteiger partial charge in [-0.3, -0.25) is 0 Å². The van der Waals surface area contributed by atoms with Gasteiger partial charge in [-0.2, -0.15) is 0 Å². The van der Waals surface area contributed by atoms with E-state index in [1.165, 1.54) is 24.3 Å². The molecule has 1 heterocycles. The Kier molecular flexibility index (Phi) is 4.18. The molecular formula is C12H15NO5S. The van der Waals surface area contributed by atoms with E-state index >= 15 is 0 Å². The van der Waals surface area contributed by atoms with Crippen LogP contribution in [0.1, 0.15) is 23.2 Å². The van der Waals surface area contributed by atoms with Crippen LogP contribution in [0.5, 0.6) is 0 Å². The van der Waals surface area contributed by atoms with Crippen molar-refractivity contribution in [2.45, 2.75) is 23.8 Å². The van der Waals surface area contributed by atoms with Crippen LogP contribution in [0.15, 0.2) is 29.2 Å². The van der Waals surface area contributed by atoms with Crippen molar-refractivity contribution in [1.82, 2.24) is 4.72 Å². The van der Waals surface area contributed by atoms with Crippen molar-refractivity contribution >= 4 is 16.0 Å². The van der Waals surface area contributed by atoms with Gasteiger partial charge in [0.25, 0.3) is 0 Å². The molecule has 2 rings (SSSR count). The topological polar surface area (TPSA) is 92.7 Å². The molecule has 1 aliphatic rings. The van der Waals surface area contributed by atoms with E-state index in [4.69, 9.17) is 9.84 Å². The van der Waals surface area contributed by atoms with Crippen LogP contribution in [-0.2, 0) is 14.8 Å². The van der Waals surface area contributed by atoms with Crippen LogP contribution < -0.4 is 4.72 Å². The fourth-order valence-corrected chi connectivity index (χ4v) is 3.15. The van der Waals surface area contributed by atoms with E-state index in [1.807, 2.05) is 0 Å². The van der Waals surface area contributed by atoms with Gasteiger partial charge in [0.1, 0.15) is 0 Å². The number of rotatable bonds is 4. The van der Waals surface area contributed by atoms with E-state index in [2.05, 4.69) is 4.72 Å². The van der Waals surface area contributed by atoms with Crippen molar-refractivity contribution in [2.24, 2.45) is 0 Å². The minimum Gasteiger partial charge on any atom is -0.478 e. The first-order valence-electron chi connectivity index (χ1n) is 5.92. The number of benzene rings is 1. The molecule has 1 saturated heterocycles. The van der Waals surface area contributed by atoms with Gasteiger partial charge in [0.15, 0.2) is 0 Å². The molecule has 1 fully saturated rings. The molecule has 0 bridgehead atoms. The lowest BCUT2D eigenvalue weighted by atomic mass is 10.1. The second-order valence-electron chi connectivity index (χ2n) is 4.36. The molecule has 0 radical (unpaired) electrons. The van der Waals surface area contributed by atoms with Crippen molar-refractivity contribution in [3.63, 3.8) is 0 Å². The standard InChI is InChI=1S/C12H15NO5S/c14-12(15)9-3-5-11(6-4-9)19(16,17)13-10-2-1-7-18-8-10/h3-6,10,13H,1-2,7-8H2,(H,14,15). The fourth-order valence-electron chi connectivity index (χ4n) is 1.90. The molecule has 1 aliphatic heterocycles. The van der Waals surface area contributed by atoms with Crippen molar-refractivity contribution < 1.29 is 23.1 Å². The zero-order valence-corrected chi connectivity index (χ0v) is 11.0. The molecule has 0 saturated carbocycles. The molecule has 19 heavy (non-hydrogen) atoms. The lowest BCUT2D eigenvalue weighted by Gasteiger charge is -2.22. The summed E-state index contributed by atoms with van der Waals surface area (Å²) >= 11 is 0. The Hall–Kier alpha value is -1.44. The van der Waals surface area contributed by atoms with E-state index in [0.717, 1.165) is 12.8 Å². The van der Waals surface area contributed by atoms with Crippen molar-refractivity contribution in [3.8, 4) is 0 Å². The lowest BCUT2D eigenvalue weighted by Crippen LogP contribution is -2.40.